The summed E-state index contributed by atoms with van der Waals surface area (Å²) >= 11 is 0. The Balaban J connectivity index is 2.44. The Hall–Kier alpha value is -0.610. The minimum atomic E-state index is -0.400. The van der Waals surface area contributed by atoms with Gasteiger partial charge in [0.25, 0.3) is 0 Å². The van der Waals surface area contributed by atoms with Gasteiger partial charge in [0.05, 0.1) is 18.2 Å². The highest BCUT2D eigenvalue weighted by Crippen LogP contribution is 2.21. The number of nitrogens with one attached hydrogen (secondary N) is 1. The van der Waals surface area contributed by atoms with Crippen molar-refractivity contribution < 1.29 is 9.53 Å². The molecule has 0 saturated heterocycles. The number of amides is 1. The summed E-state index contributed by atoms with van der Waals surface area (Å²) in [5.74, 6) is 0.186. The number of methoxy groups -OCH3 is 1. The minimum absolute atomic E-state index is 0.0386. The molecule has 0 aromatic heterocycles. The number of ether oxygens (including phenoxy) is 1. The molecule has 0 aliphatic heterocycles. The third-order valence-corrected chi connectivity index (χ3v) is 3.64. The molecule has 0 heterocycles. The van der Waals surface area contributed by atoms with Crippen molar-refractivity contribution in [3.8, 4) is 0 Å². The van der Waals surface area contributed by atoms with Crippen LogP contribution in [-0.2, 0) is 9.53 Å². The molecule has 1 aliphatic carbocycles. The van der Waals surface area contributed by atoms with E-state index in [1.807, 2.05) is 13.8 Å². The van der Waals surface area contributed by atoms with E-state index in [0.717, 1.165) is 25.7 Å². The number of hydrogen-bond donors (Lipinski definition) is 2. The van der Waals surface area contributed by atoms with Gasteiger partial charge >= 0.3 is 0 Å². The number of carbonyl (C=O) groups is 1. The molecule has 4 unspecified atom stereocenters. The van der Waals surface area contributed by atoms with Gasteiger partial charge in [-0.3, -0.25) is 4.79 Å². The first kappa shape index (κ1) is 13.5. The maximum atomic E-state index is 11.9. The van der Waals surface area contributed by atoms with Gasteiger partial charge in [0.15, 0.2) is 0 Å². The van der Waals surface area contributed by atoms with Crippen molar-refractivity contribution in [2.75, 3.05) is 7.11 Å². The van der Waals surface area contributed by atoms with Crippen LogP contribution < -0.4 is 11.1 Å². The van der Waals surface area contributed by atoms with Gasteiger partial charge < -0.3 is 15.8 Å². The van der Waals surface area contributed by atoms with E-state index in [0.29, 0.717) is 0 Å². The van der Waals surface area contributed by atoms with Crippen molar-refractivity contribution >= 4 is 5.91 Å². The van der Waals surface area contributed by atoms with Crippen LogP contribution in [0.1, 0.15) is 39.5 Å². The van der Waals surface area contributed by atoms with Gasteiger partial charge in [-0.25, -0.2) is 0 Å². The summed E-state index contributed by atoms with van der Waals surface area (Å²) in [5.41, 5.74) is 5.88. The third-order valence-electron chi connectivity index (χ3n) is 3.64. The molecule has 4 heteroatoms. The normalized spacial score (nSPS) is 28.8. The smallest absolute Gasteiger partial charge is 0.237 e. The summed E-state index contributed by atoms with van der Waals surface area (Å²) in [6.07, 6.45) is 4.22. The number of nitrogens with two attached hydrogens (primary N) is 1. The third kappa shape index (κ3) is 3.19. The average Bonchev–Trinajstić information content (AvgIpc) is 2.74. The second-order valence-electron chi connectivity index (χ2n) is 4.73. The Morgan fingerprint density at radius 3 is 2.81 bits per heavy atom. The van der Waals surface area contributed by atoms with E-state index < -0.39 is 6.04 Å². The first-order valence-corrected chi connectivity index (χ1v) is 6.18. The van der Waals surface area contributed by atoms with Crippen LogP contribution in [-0.4, -0.2) is 31.2 Å². The lowest BCUT2D eigenvalue weighted by molar-refractivity contribution is -0.124. The summed E-state index contributed by atoms with van der Waals surface area (Å²) in [6, 6.07) is -0.254. The van der Waals surface area contributed by atoms with Crippen molar-refractivity contribution in [2.24, 2.45) is 11.7 Å². The van der Waals surface area contributed by atoms with Crippen LogP contribution in [0, 0.1) is 5.92 Å². The molecule has 0 bridgehead atoms. The van der Waals surface area contributed by atoms with Crippen molar-refractivity contribution in [3.05, 3.63) is 0 Å². The van der Waals surface area contributed by atoms with Gasteiger partial charge in [0, 0.05) is 7.11 Å². The van der Waals surface area contributed by atoms with Crippen LogP contribution in [0.15, 0.2) is 0 Å². The van der Waals surface area contributed by atoms with Gasteiger partial charge in [-0.05, 0) is 25.2 Å². The molecular formula is C12H24N2O2. The average molecular weight is 228 g/mol. The van der Waals surface area contributed by atoms with E-state index in [4.69, 9.17) is 10.5 Å². The molecule has 1 saturated carbocycles. The largest absolute Gasteiger partial charge is 0.379 e. The number of hydrogen-bond acceptors (Lipinski definition) is 3. The first-order chi connectivity index (χ1) is 7.60. The highest BCUT2D eigenvalue weighted by molar-refractivity contribution is 5.82. The summed E-state index contributed by atoms with van der Waals surface area (Å²) in [6.45, 7) is 4.05. The lowest BCUT2D eigenvalue weighted by Crippen LogP contribution is -2.50. The van der Waals surface area contributed by atoms with Crippen LogP contribution in [0.25, 0.3) is 0 Å². The van der Waals surface area contributed by atoms with Gasteiger partial charge in [0.2, 0.25) is 5.91 Å². The Bertz CT molecular complexity index is 233. The van der Waals surface area contributed by atoms with Crippen LogP contribution >= 0.6 is 0 Å². The van der Waals surface area contributed by atoms with Crippen molar-refractivity contribution in [2.45, 2.75) is 57.7 Å². The summed E-state index contributed by atoms with van der Waals surface area (Å²) in [4.78, 5) is 11.9. The maximum absolute atomic E-state index is 11.9. The molecule has 1 aliphatic rings. The fourth-order valence-electron chi connectivity index (χ4n) is 2.16. The molecule has 1 fully saturated rings. The first-order valence-electron chi connectivity index (χ1n) is 6.18. The van der Waals surface area contributed by atoms with E-state index in [-0.39, 0.29) is 24.0 Å². The predicted molar refractivity (Wildman–Crippen MR) is 64.0 cm³/mol. The molecule has 1 rings (SSSR count). The van der Waals surface area contributed by atoms with E-state index in [1.54, 1.807) is 7.11 Å². The van der Waals surface area contributed by atoms with Gasteiger partial charge in [-0.2, -0.15) is 0 Å². The van der Waals surface area contributed by atoms with E-state index in [9.17, 15) is 4.79 Å². The monoisotopic (exact) mass is 228 g/mol. The fraction of sp³-hybridized carbons (Fsp3) is 0.917. The highest BCUT2D eigenvalue weighted by atomic mass is 16.5. The summed E-state index contributed by atoms with van der Waals surface area (Å²) in [7, 11) is 1.70. The zero-order chi connectivity index (χ0) is 12.1. The Kier molecular flexibility index (Phi) is 5.22. The lowest BCUT2D eigenvalue weighted by atomic mass is 9.99. The Morgan fingerprint density at radius 1 is 1.56 bits per heavy atom. The molecule has 0 aromatic carbocycles. The SMILES string of the molecule is CCC(C)C(N)C(=O)NC1CCCC1OC. The number of rotatable bonds is 5. The van der Waals surface area contributed by atoms with E-state index >= 15 is 0 Å². The zero-order valence-corrected chi connectivity index (χ0v) is 10.5. The Morgan fingerprint density at radius 2 is 2.25 bits per heavy atom. The zero-order valence-electron chi connectivity index (χ0n) is 10.5. The van der Waals surface area contributed by atoms with E-state index in [2.05, 4.69) is 5.32 Å². The van der Waals surface area contributed by atoms with Gasteiger partial charge in [-0.15, -0.1) is 0 Å². The molecule has 0 aromatic rings. The molecule has 4 atom stereocenters. The van der Waals surface area contributed by atoms with Crippen LogP contribution in [0.5, 0.6) is 0 Å². The number of carbonyl (C=O) groups excluding carboxylic acids is 1. The Labute approximate surface area is 97.9 Å². The second kappa shape index (κ2) is 6.21. The summed E-state index contributed by atoms with van der Waals surface area (Å²) in [5, 5.41) is 3.01. The molecule has 0 radical (unpaired) electrons. The highest BCUT2D eigenvalue weighted by Gasteiger charge is 2.30. The van der Waals surface area contributed by atoms with Crippen LogP contribution in [0.2, 0.25) is 0 Å². The molecule has 0 spiro atoms. The van der Waals surface area contributed by atoms with Crippen LogP contribution in [0.4, 0.5) is 0 Å². The van der Waals surface area contributed by atoms with Crippen molar-refractivity contribution in [1.29, 1.82) is 0 Å². The van der Waals surface area contributed by atoms with Crippen molar-refractivity contribution in [1.82, 2.24) is 5.32 Å². The molecule has 1 amide bonds. The molecule has 94 valence electrons. The lowest BCUT2D eigenvalue weighted by Gasteiger charge is -2.24. The standard InChI is InChI=1S/C12H24N2O2/c1-4-8(2)11(13)12(15)14-9-6-5-7-10(9)16-3/h8-11H,4-7,13H2,1-3H3,(H,14,15). The molecule has 3 N–H and O–H groups in total. The van der Waals surface area contributed by atoms with Crippen molar-refractivity contribution in [3.63, 3.8) is 0 Å². The van der Waals surface area contributed by atoms with Crippen LogP contribution in [0.3, 0.4) is 0 Å². The second-order valence-corrected chi connectivity index (χ2v) is 4.73. The molecule has 4 nitrogen and oxygen atoms in total. The molecule has 16 heavy (non-hydrogen) atoms. The molecular weight excluding hydrogens is 204 g/mol. The predicted octanol–water partition coefficient (Wildman–Crippen LogP) is 1.04. The van der Waals surface area contributed by atoms with E-state index in [1.165, 1.54) is 0 Å². The van der Waals surface area contributed by atoms with Gasteiger partial charge in [-0.1, -0.05) is 20.3 Å². The fourth-order valence-corrected chi connectivity index (χ4v) is 2.16. The van der Waals surface area contributed by atoms with Gasteiger partial charge in [0.1, 0.15) is 0 Å². The topological polar surface area (TPSA) is 64.4 Å². The minimum Gasteiger partial charge on any atom is -0.379 e. The summed E-state index contributed by atoms with van der Waals surface area (Å²) < 4.78 is 5.34. The maximum Gasteiger partial charge on any atom is 0.237 e. The quantitative estimate of drug-likeness (QED) is 0.739.